The molecule has 86 valence electrons. The molecule has 0 radical (unpaired) electrons. The lowest BCUT2D eigenvalue weighted by Gasteiger charge is -2.21. The van der Waals surface area contributed by atoms with Crippen LogP contribution in [0.1, 0.15) is 11.6 Å². The molecule has 0 bridgehead atoms. The molecule has 1 unspecified atom stereocenters. The van der Waals surface area contributed by atoms with Crippen molar-refractivity contribution < 1.29 is 19.4 Å². The van der Waals surface area contributed by atoms with Gasteiger partial charge in [-0.2, -0.15) is 0 Å². The Kier molecular flexibility index (Phi) is 3.02. The zero-order chi connectivity index (χ0) is 11.7. The van der Waals surface area contributed by atoms with Crippen molar-refractivity contribution in [2.75, 3.05) is 13.2 Å². The van der Waals surface area contributed by atoms with E-state index in [4.69, 9.17) is 20.3 Å². The first-order chi connectivity index (χ1) is 7.59. The molecular weight excluding hydrogens is 278 g/mol. The molecule has 1 aromatic carbocycles. The maximum absolute atomic E-state index is 10.8. The van der Waals surface area contributed by atoms with Gasteiger partial charge in [0.25, 0.3) is 0 Å². The second-order valence-corrected chi connectivity index (χ2v) is 4.20. The van der Waals surface area contributed by atoms with Crippen molar-refractivity contribution in [3.8, 4) is 11.5 Å². The second-order valence-electron chi connectivity index (χ2n) is 3.34. The average molecular weight is 288 g/mol. The van der Waals surface area contributed by atoms with Crippen LogP contribution in [0.5, 0.6) is 11.5 Å². The molecule has 0 spiro atoms. The highest BCUT2D eigenvalue weighted by Crippen LogP contribution is 2.39. The molecule has 1 aliphatic heterocycles. The number of benzene rings is 1. The van der Waals surface area contributed by atoms with Crippen molar-refractivity contribution in [1.29, 1.82) is 0 Å². The van der Waals surface area contributed by atoms with Crippen molar-refractivity contribution >= 4 is 21.9 Å². The zero-order valence-corrected chi connectivity index (χ0v) is 9.86. The fourth-order valence-electron chi connectivity index (χ4n) is 1.45. The number of ether oxygens (including phenoxy) is 2. The molecule has 0 saturated heterocycles. The standard InChI is InChI=1S/C10H10BrNO4/c11-6-3-5(8(12)10(13)14)4-7-9(6)16-2-1-15-7/h3-4,8H,1-2,12H2,(H,13,14). The van der Waals surface area contributed by atoms with Crippen LogP contribution in [0.4, 0.5) is 0 Å². The summed E-state index contributed by atoms with van der Waals surface area (Å²) in [7, 11) is 0. The van der Waals surface area contributed by atoms with Gasteiger partial charge in [-0.1, -0.05) is 0 Å². The van der Waals surface area contributed by atoms with Crippen molar-refractivity contribution in [3.63, 3.8) is 0 Å². The largest absolute Gasteiger partial charge is 0.486 e. The van der Waals surface area contributed by atoms with Crippen LogP contribution in [0.3, 0.4) is 0 Å². The molecule has 1 aliphatic rings. The van der Waals surface area contributed by atoms with E-state index < -0.39 is 12.0 Å². The maximum Gasteiger partial charge on any atom is 0.325 e. The second kappa shape index (κ2) is 4.31. The van der Waals surface area contributed by atoms with Crippen molar-refractivity contribution in [1.82, 2.24) is 0 Å². The number of aliphatic carboxylic acids is 1. The summed E-state index contributed by atoms with van der Waals surface area (Å²) in [4.78, 5) is 10.8. The van der Waals surface area contributed by atoms with E-state index in [1.54, 1.807) is 12.1 Å². The van der Waals surface area contributed by atoms with Gasteiger partial charge in [0.2, 0.25) is 0 Å². The van der Waals surface area contributed by atoms with Crippen LogP contribution in [0.15, 0.2) is 16.6 Å². The van der Waals surface area contributed by atoms with Crippen LogP contribution in [-0.2, 0) is 4.79 Å². The lowest BCUT2D eigenvalue weighted by molar-refractivity contribution is -0.138. The highest BCUT2D eigenvalue weighted by molar-refractivity contribution is 9.10. The lowest BCUT2D eigenvalue weighted by Crippen LogP contribution is -2.22. The number of nitrogens with two attached hydrogens (primary N) is 1. The minimum Gasteiger partial charge on any atom is -0.486 e. The molecule has 0 aromatic heterocycles. The highest BCUT2D eigenvalue weighted by Gasteiger charge is 2.21. The summed E-state index contributed by atoms with van der Waals surface area (Å²) >= 11 is 3.30. The Morgan fingerprint density at radius 3 is 2.81 bits per heavy atom. The van der Waals surface area contributed by atoms with Gasteiger partial charge in [0.15, 0.2) is 11.5 Å². The van der Waals surface area contributed by atoms with Crippen LogP contribution in [0.2, 0.25) is 0 Å². The van der Waals surface area contributed by atoms with Gasteiger partial charge in [-0.05, 0) is 33.6 Å². The van der Waals surface area contributed by atoms with Crippen LogP contribution in [-0.4, -0.2) is 24.3 Å². The van der Waals surface area contributed by atoms with Gasteiger partial charge in [0.05, 0.1) is 4.47 Å². The van der Waals surface area contributed by atoms with Crippen LogP contribution in [0, 0.1) is 0 Å². The number of fused-ring (bicyclic) bond motifs is 1. The summed E-state index contributed by atoms with van der Waals surface area (Å²) in [6.07, 6.45) is 0. The number of hydrogen-bond donors (Lipinski definition) is 2. The molecule has 2 rings (SSSR count). The average Bonchev–Trinajstić information content (AvgIpc) is 2.28. The van der Waals surface area contributed by atoms with E-state index in [0.717, 1.165) is 0 Å². The molecular formula is C10H10BrNO4. The van der Waals surface area contributed by atoms with Gasteiger partial charge in [0.1, 0.15) is 19.3 Å². The number of halogens is 1. The van der Waals surface area contributed by atoms with Crippen molar-refractivity contribution in [2.45, 2.75) is 6.04 Å². The van der Waals surface area contributed by atoms with Gasteiger partial charge in [-0.3, -0.25) is 4.79 Å². The van der Waals surface area contributed by atoms with Crippen molar-refractivity contribution in [2.24, 2.45) is 5.73 Å². The van der Waals surface area contributed by atoms with Crippen molar-refractivity contribution in [3.05, 3.63) is 22.2 Å². The molecule has 0 aliphatic carbocycles. The summed E-state index contributed by atoms with van der Waals surface area (Å²) in [6, 6.07) is 2.16. The summed E-state index contributed by atoms with van der Waals surface area (Å²) < 4.78 is 11.4. The van der Waals surface area contributed by atoms with Crippen LogP contribution >= 0.6 is 15.9 Å². The Morgan fingerprint density at radius 2 is 2.12 bits per heavy atom. The van der Waals surface area contributed by atoms with E-state index in [1.807, 2.05) is 0 Å². The van der Waals surface area contributed by atoms with E-state index in [2.05, 4.69) is 15.9 Å². The van der Waals surface area contributed by atoms with E-state index in [0.29, 0.717) is 34.7 Å². The Labute approximate surface area is 100 Å². The summed E-state index contributed by atoms with van der Waals surface area (Å²) in [5, 5.41) is 8.82. The molecule has 16 heavy (non-hydrogen) atoms. The molecule has 0 fully saturated rings. The number of carbonyl (C=O) groups is 1. The molecule has 1 aromatic rings. The molecule has 0 amide bonds. The molecule has 1 atom stereocenters. The lowest BCUT2D eigenvalue weighted by atomic mass is 10.1. The Balaban J connectivity index is 2.42. The van der Waals surface area contributed by atoms with Crippen LogP contribution < -0.4 is 15.2 Å². The first kappa shape index (κ1) is 11.2. The summed E-state index contributed by atoms with van der Waals surface area (Å²) in [5.74, 6) is 0.0310. The maximum atomic E-state index is 10.8. The molecule has 3 N–H and O–H groups in total. The first-order valence-electron chi connectivity index (χ1n) is 4.67. The Bertz CT molecular complexity index is 435. The SMILES string of the molecule is NC(C(=O)O)c1cc(Br)c2c(c1)OCCO2. The monoisotopic (exact) mass is 287 g/mol. The fourth-order valence-corrected chi connectivity index (χ4v) is 2.03. The third kappa shape index (κ3) is 1.98. The predicted octanol–water partition coefficient (Wildman–Crippen LogP) is 1.30. The van der Waals surface area contributed by atoms with Gasteiger partial charge >= 0.3 is 5.97 Å². The number of carboxylic acid groups (broad SMARTS) is 1. The number of carboxylic acids is 1. The minimum atomic E-state index is -1.08. The molecule has 1 heterocycles. The normalized spacial score (nSPS) is 15.6. The summed E-state index contributed by atoms with van der Waals surface area (Å²) in [6.45, 7) is 0.932. The number of rotatable bonds is 2. The zero-order valence-electron chi connectivity index (χ0n) is 8.27. The molecule has 0 saturated carbocycles. The third-order valence-corrected chi connectivity index (χ3v) is 2.83. The third-order valence-electron chi connectivity index (χ3n) is 2.24. The molecule has 6 heteroatoms. The van der Waals surface area contributed by atoms with E-state index in [-0.39, 0.29) is 0 Å². The number of hydrogen-bond acceptors (Lipinski definition) is 4. The summed E-state index contributed by atoms with van der Waals surface area (Å²) in [5.41, 5.74) is 6.00. The highest BCUT2D eigenvalue weighted by atomic mass is 79.9. The minimum absolute atomic E-state index is 0.450. The predicted molar refractivity (Wildman–Crippen MR) is 59.7 cm³/mol. The van der Waals surface area contributed by atoms with Gasteiger partial charge in [-0.25, -0.2) is 0 Å². The topological polar surface area (TPSA) is 81.8 Å². The van der Waals surface area contributed by atoms with Gasteiger partial charge in [0, 0.05) is 0 Å². The van der Waals surface area contributed by atoms with Gasteiger partial charge in [-0.15, -0.1) is 0 Å². The van der Waals surface area contributed by atoms with E-state index in [9.17, 15) is 4.79 Å². The Hall–Kier alpha value is -1.27. The van der Waals surface area contributed by atoms with E-state index in [1.165, 1.54) is 0 Å². The molecule has 5 nitrogen and oxygen atoms in total. The van der Waals surface area contributed by atoms with Crippen LogP contribution in [0.25, 0.3) is 0 Å². The first-order valence-corrected chi connectivity index (χ1v) is 5.46. The Morgan fingerprint density at radius 1 is 1.44 bits per heavy atom. The van der Waals surface area contributed by atoms with E-state index >= 15 is 0 Å². The fraction of sp³-hybridized carbons (Fsp3) is 0.300. The smallest absolute Gasteiger partial charge is 0.325 e. The van der Waals surface area contributed by atoms with Gasteiger partial charge < -0.3 is 20.3 Å². The quantitative estimate of drug-likeness (QED) is 0.857.